The fourth-order valence-corrected chi connectivity index (χ4v) is 4.29. The van der Waals surface area contributed by atoms with Crippen molar-refractivity contribution in [3.63, 3.8) is 0 Å². The Balaban J connectivity index is 1.36. The number of para-hydroxylation sites is 1. The van der Waals surface area contributed by atoms with Gasteiger partial charge in [0.2, 0.25) is 0 Å². The van der Waals surface area contributed by atoms with Gasteiger partial charge in [-0.25, -0.2) is 9.37 Å². The fourth-order valence-electron chi connectivity index (χ4n) is 4.29. The highest BCUT2D eigenvalue weighted by Crippen LogP contribution is 2.29. The van der Waals surface area contributed by atoms with Crippen LogP contribution in [0.3, 0.4) is 0 Å². The number of amides is 1. The molecule has 4 aromatic rings. The average molecular weight is 430 g/mol. The zero-order chi connectivity index (χ0) is 22.1. The van der Waals surface area contributed by atoms with Crippen molar-refractivity contribution in [1.82, 2.24) is 15.5 Å². The second-order valence-corrected chi connectivity index (χ2v) is 8.13. The summed E-state index contributed by atoms with van der Waals surface area (Å²) in [7, 11) is 0. The number of carbonyl (C=O) groups excluding carboxylic acids is 1. The number of hydrogen-bond donors (Lipinski definition) is 1. The van der Waals surface area contributed by atoms with Crippen LogP contribution < -0.4 is 10.2 Å². The van der Waals surface area contributed by atoms with Gasteiger partial charge in [-0.3, -0.25) is 4.79 Å². The molecule has 1 aliphatic rings. The minimum Gasteiger partial charge on any atom is -0.371 e. The third-order valence-electron chi connectivity index (χ3n) is 5.97. The Morgan fingerprint density at radius 1 is 1.19 bits per heavy atom. The van der Waals surface area contributed by atoms with Gasteiger partial charge in [-0.2, -0.15) is 0 Å². The Morgan fingerprint density at radius 2 is 1.97 bits per heavy atom. The first-order valence-corrected chi connectivity index (χ1v) is 10.7. The topological polar surface area (TPSA) is 71.3 Å². The smallest absolute Gasteiger partial charge is 0.259 e. The molecule has 5 rings (SSSR count). The molecule has 1 saturated heterocycles. The van der Waals surface area contributed by atoms with E-state index in [1.54, 1.807) is 31.2 Å². The van der Waals surface area contributed by atoms with Crippen LogP contribution in [-0.4, -0.2) is 35.7 Å². The van der Waals surface area contributed by atoms with Gasteiger partial charge in [0.25, 0.3) is 11.6 Å². The van der Waals surface area contributed by atoms with E-state index < -0.39 is 5.82 Å². The molecule has 3 heterocycles. The Hall–Kier alpha value is -3.74. The molecule has 1 aliphatic heterocycles. The monoisotopic (exact) mass is 430 g/mol. The molecule has 1 unspecified atom stereocenters. The summed E-state index contributed by atoms with van der Waals surface area (Å²) >= 11 is 0. The SMILES string of the molecule is Cc1noc2nc(-c3ccccc3F)cc(C(=O)NCC3CCN(c4ccccc4)C3)c12. The summed E-state index contributed by atoms with van der Waals surface area (Å²) in [6, 6.07) is 18.2. The molecule has 0 aliphatic carbocycles. The normalized spacial score (nSPS) is 15.9. The van der Waals surface area contributed by atoms with Gasteiger partial charge in [-0.05, 0) is 49.6 Å². The molecule has 32 heavy (non-hydrogen) atoms. The molecule has 162 valence electrons. The van der Waals surface area contributed by atoms with Crippen molar-refractivity contribution in [2.24, 2.45) is 5.92 Å². The number of pyridine rings is 1. The average Bonchev–Trinajstić information content (AvgIpc) is 3.45. The predicted octanol–water partition coefficient (Wildman–Crippen LogP) is 4.59. The van der Waals surface area contributed by atoms with E-state index in [2.05, 4.69) is 32.5 Å². The molecule has 2 aromatic carbocycles. The van der Waals surface area contributed by atoms with Gasteiger partial charge < -0.3 is 14.7 Å². The van der Waals surface area contributed by atoms with Gasteiger partial charge in [0.15, 0.2) is 0 Å². The number of carbonyl (C=O) groups is 1. The number of hydrogen-bond acceptors (Lipinski definition) is 5. The van der Waals surface area contributed by atoms with Crippen molar-refractivity contribution in [3.8, 4) is 11.3 Å². The molecule has 0 bridgehead atoms. The molecular formula is C25H23FN4O2. The first-order chi connectivity index (χ1) is 15.6. The number of aromatic nitrogens is 2. The van der Waals surface area contributed by atoms with Crippen LogP contribution in [0.5, 0.6) is 0 Å². The van der Waals surface area contributed by atoms with Crippen LogP contribution in [0.2, 0.25) is 0 Å². The van der Waals surface area contributed by atoms with Gasteiger partial charge in [0, 0.05) is 30.9 Å². The Labute approximate surface area is 185 Å². The maximum Gasteiger partial charge on any atom is 0.259 e. The standard InChI is InChI=1S/C25H23FN4O2/c1-16-23-20(13-22(28-25(23)32-29-16)19-9-5-6-10-21(19)26)24(31)27-14-17-11-12-30(15-17)18-7-3-2-4-8-18/h2-10,13,17H,11-12,14-15H2,1H3,(H,27,31). The van der Waals surface area contributed by atoms with Crippen molar-refractivity contribution in [2.75, 3.05) is 24.5 Å². The number of aryl methyl sites for hydroxylation is 1. The lowest BCUT2D eigenvalue weighted by atomic mass is 10.0. The minimum absolute atomic E-state index is 0.226. The molecular weight excluding hydrogens is 407 g/mol. The van der Waals surface area contributed by atoms with E-state index >= 15 is 0 Å². The number of rotatable bonds is 5. The third kappa shape index (κ3) is 3.82. The van der Waals surface area contributed by atoms with Crippen LogP contribution in [0.15, 0.2) is 65.2 Å². The van der Waals surface area contributed by atoms with Gasteiger partial charge in [-0.15, -0.1) is 0 Å². The first kappa shape index (κ1) is 20.2. The van der Waals surface area contributed by atoms with Crippen LogP contribution in [0, 0.1) is 18.7 Å². The van der Waals surface area contributed by atoms with E-state index in [0.717, 1.165) is 19.5 Å². The minimum atomic E-state index is -0.408. The molecule has 0 spiro atoms. The highest BCUT2D eigenvalue weighted by molar-refractivity contribution is 6.07. The molecule has 0 saturated carbocycles. The van der Waals surface area contributed by atoms with Crippen LogP contribution in [0.1, 0.15) is 22.5 Å². The van der Waals surface area contributed by atoms with Crippen LogP contribution in [0.25, 0.3) is 22.4 Å². The van der Waals surface area contributed by atoms with Crippen LogP contribution in [-0.2, 0) is 0 Å². The van der Waals surface area contributed by atoms with Crippen molar-refractivity contribution in [1.29, 1.82) is 0 Å². The molecule has 0 radical (unpaired) electrons. The molecule has 2 aromatic heterocycles. The molecule has 6 nitrogen and oxygen atoms in total. The van der Waals surface area contributed by atoms with E-state index in [1.807, 2.05) is 18.2 Å². The Kier molecular flexibility index (Phi) is 5.31. The number of halogens is 1. The number of benzene rings is 2. The zero-order valence-electron chi connectivity index (χ0n) is 17.7. The molecule has 1 atom stereocenters. The number of nitrogens with zero attached hydrogens (tertiary/aromatic N) is 3. The van der Waals surface area contributed by atoms with E-state index in [1.165, 1.54) is 11.8 Å². The van der Waals surface area contributed by atoms with Gasteiger partial charge in [-0.1, -0.05) is 35.5 Å². The number of nitrogens with one attached hydrogen (secondary N) is 1. The van der Waals surface area contributed by atoms with Crippen molar-refractivity contribution in [3.05, 3.63) is 77.7 Å². The fraction of sp³-hybridized carbons (Fsp3) is 0.240. The zero-order valence-corrected chi connectivity index (χ0v) is 17.7. The molecule has 1 N–H and O–H groups in total. The van der Waals surface area contributed by atoms with E-state index in [0.29, 0.717) is 40.4 Å². The summed E-state index contributed by atoms with van der Waals surface area (Å²) < 4.78 is 19.7. The third-order valence-corrected chi connectivity index (χ3v) is 5.97. The summed E-state index contributed by atoms with van der Waals surface area (Å²) in [5.41, 5.74) is 3.05. The highest BCUT2D eigenvalue weighted by atomic mass is 19.1. The summed E-state index contributed by atoms with van der Waals surface area (Å²) in [6.07, 6.45) is 1.01. The lowest BCUT2D eigenvalue weighted by Crippen LogP contribution is -2.31. The van der Waals surface area contributed by atoms with Crippen molar-refractivity contribution < 1.29 is 13.7 Å². The predicted molar refractivity (Wildman–Crippen MR) is 121 cm³/mol. The van der Waals surface area contributed by atoms with Crippen LogP contribution >= 0.6 is 0 Å². The maximum absolute atomic E-state index is 14.4. The van der Waals surface area contributed by atoms with E-state index in [9.17, 15) is 9.18 Å². The Morgan fingerprint density at radius 3 is 2.78 bits per heavy atom. The van der Waals surface area contributed by atoms with Gasteiger partial charge in [0.05, 0.1) is 22.3 Å². The summed E-state index contributed by atoms with van der Waals surface area (Å²) in [6.45, 7) is 4.18. The van der Waals surface area contributed by atoms with Crippen molar-refractivity contribution >= 4 is 22.7 Å². The summed E-state index contributed by atoms with van der Waals surface area (Å²) in [5, 5.41) is 7.57. The van der Waals surface area contributed by atoms with Gasteiger partial charge in [0.1, 0.15) is 5.82 Å². The second-order valence-electron chi connectivity index (χ2n) is 8.13. The lowest BCUT2D eigenvalue weighted by Gasteiger charge is -2.18. The largest absolute Gasteiger partial charge is 0.371 e. The number of fused-ring (bicyclic) bond motifs is 1. The van der Waals surface area contributed by atoms with E-state index in [-0.39, 0.29) is 11.6 Å². The Bertz CT molecular complexity index is 1270. The molecule has 1 fully saturated rings. The van der Waals surface area contributed by atoms with Crippen molar-refractivity contribution in [2.45, 2.75) is 13.3 Å². The highest BCUT2D eigenvalue weighted by Gasteiger charge is 2.25. The quantitative estimate of drug-likeness (QED) is 0.501. The lowest BCUT2D eigenvalue weighted by molar-refractivity contribution is 0.0950. The summed E-state index contributed by atoms with van der Waals surface area (Å²) in [4.78, 5) is 19.9. The first-order valence-electron chi connectivity index (χ1n) is 10.7. The molecule has 7 heteroatoms. The summed E-state index contributed by atoms with van der Waals surface area (Å²) in [5.74, 6) is -0.292. The van der Waals surface area contributed by atoms with Crippen LogP contribution in [0.4, 0.5) is 10.1 Å². The van der Waals surface area contributed by atoms with E-state index in [4.69, 9.17) is 4.52 Å². The second kappa shape index (κ2) is 8.42. The van der Waals surface area contributed by atoms with Gasteiger partial charge >= 0.3 is 0 Å². The number of anilines is 1. The molecule has 1 amide bonds. The maximum atomic E-state index is 14.4.